The third-order valence-corrected chi connectivity index (χ3v) is 8.20. The lowest BCUT2D eigenvalue weighted by atomic mass is 9.82. The van der Waals surface area contributed by atoms with Crippen molar-refractivity contribution >= 4 is 29.2 Å². The Kier molecular flexibility index (Phi) is 9.39. The van der Waals surface area contributed by atoms with Crippen LogP contribution in [0.1, 0.15) is 48.1 Å². The molecule has 1 saturated heterocycles. The number of rotatable bonds is 11. The van der Waals surface area contributed by atoms with Crippen molar-refractivity contribution < 1.29 is 38.0 Å². The van der Waals surface area contributed by atoms with Crippen LogP contribution < -0.4 is 19.5 Å². The predicted octanol–water partition coefficient (Wildman–Crippen LogP) is 5.80. The van der Waals surface area contributed by atoms with E-state index in [4.69, 9.17) is 30.5 Å². The quantitative estimate of drug-likeness (QED) is 0.262. The van der Waals surface area contributed by atoms with E-state index >= 15 is 4.39 Å². The molecule has 0 saturated carbocycles. The van der Waals surface area contributed by atoms with Crippen LogP contribution in [0, 0.1) is 11.7 Å². The highest BCUT2D eigenvalue weighted by molar-refractivity contribution is 6.30. The molecule has 11 heteroatoms. The zero-order valence-electron chi connectivity index (χ0n) is 24.2. The van der Waals surface area contributed by atoms with Gasteiger partial charge in [-0.1, -0.05) is 37.6 Å². The second-order valence-electron chi connectivity index (χ2n) is 10.5. The molecular formula is C32H34ClFN2O7. The Morgan fingerprint density at radius 2 is 1.72 bits per heavy atom. The molecule has 3 atom stereocenters. The van der Waals surface area contributed by atoms with E-state index in [0.29, 0.717) is 40.6 Å². The van der Waals surface area contributed by atoms with Crippen LogP contribution >= 0.6 is 11.6 Å². The number of carboxylic acids is 1. The lowest BCUT2D eigenvalue weighted by molar-refractivity contribution is -0.143. The van der Waals surface area contributed by atoms with E-state index in [-0.39, 0.29) is 43.9 Å². The maximum absolute atomic E-state index is 15.4. The molecule has 0 radical (unpaired) electrons. The Morgan fingerprint density at radius 3 is 2.33 bits per heavy atom. The Hall–Kier alpha value is -3.86. The number of aryl methyl sites for hydroxylation is 2. The van der Waals surface area contributed by atoms with Gasteiger partial charge in [-0.2, -0.15) is 0 Å². The summed E-state index contributed by atoms with van der Waals surface area (Å²) in [6, 6.07) is 12.6. The molecule has 2 N–H and O–H groups in total. The first-order valence-corrected chi connectivity index (χ1v) is 14.5. The highest BCUT2D eigenvalue weighted by Gasteiger charge is 2.49. The van der Waals surface area contributed by atoms with Crippen LogP contribution in [0.25, 0.3) is 0 Å². The van der Waals surface area contributed by atoms with Crippen LogP contribution in [0.4, 0.5) is 10.1 Å². The van der Waals surface area contributed by atoms with Gasteiger partial charge in [0.05, 0.1) is 12.5 Å². The van der Waals surface area contributed by atoms with Crippen LogP contribution in [0.2, 0.25) is 5.02 Å². The number of aliphatic carboxylic acids is 1. The molecule has 5 rings (SSSR count). The van der Waals surface area contributed by atoms with Gasteiger partial charge in [0, 0.05) is 42.4 Å². The number of nitrogens with one attached hydrogen (secondary N) is 1. The summed E-state index contributed by atoms with van der Waals surface area (Å²) < 4.78 is 36.7. The third-order valence-electron chi connectivity index (χ3n) is 7.98. The van der Waals surface area contributed by atoms with Gasteiger partial charge in [0.1, 0.15) is 11.6 Å². The van der Waals surface area contributed by atoms with E-state index in [2.05, 4.69) is 5.32 Å². The molecule has 9 nitrogen and oxygen atoms in total. The fraction of sp³-hybridized carbons (Fsp3) is 0.375. The number of carbonyl (C=O) groups is 2. The number of carbonyl (C=O) groups excluding carboxylic acids is 1. The number of fused-ring (bicyclic) bond motifs is 1. The number of amides is 1. The van der Waals surface area contributed by atoms with Gasteiger partial charge in [0.15, 0.2) is 18.3 Å². The van der Waals surface area contributed by atoms with Crippen molar-refractivity contribution in [2.45, 2.75) is 38.6 Å². The number of ether oxygens (including phenoxy) is 4. The summed E-state index contributed by atoms with van der Waals surface area (Å²) in [6.07, 6.45) is 1.33. The Labute approximate surface area is 254 Å². The van der Waals surface area contributed by atoms with Crippen LogP contribution in [0.15, 0.2) is 48.5 Å². The van der Waals surface area contributed by atoms with Crippen molar-refractivity contribution in [1.29, 1.82) is 0 Å². The van der Waals surface area contributed by atoms with Gasteiger partial charge in [-0.25, -0.2) is 4.39 Å². The summed E-state index contributed by atoms with van der Waals surface area (Å²) in [7, 11) is 1.51. The van der Waals surface area contributed by atoms with E-state index < -0.39 is 29.7 Å². The topological polar surface area (TPSA) is 107 Å². The largest absolute Gasteiger partial charge is 0.481 e. The molecule has 228 valence electrons. The highest BCUT2D eigenvalue weighted by atomic mass is 35.5. The number of methoxy groups -OCH3 is 1. The number of benzene rings is 3. The van der Waals surface area contributed by atoms with Gasteiger partial charge in [0.2, 0.25) is 12.7 Å². The molecule has 2 heterocycles. The van der Waals surface area contributed by atoms with E-state index in [9.17, 15) is 14.7 Å². The van der Waals surface area contributed by atoms with Crippen LogP contribution in [0.5, 0.6) is 17.2 Å². The first-order chi connectivity index (χ1) is 20.7. The summed E-state index contributed by atoms with van der Waals surface area (Å²) >= 11 is 6.31. The number of hydrogen-bond acceptors (Lipinski definition) is 7. The molecule has 43 heavy (non-hydrogen) atoms. The van der Waals surface area contributed by atoms with Gasteiger partial charge < -0.3 is 29.4 Å². The average molecular weight is 613 g/mol. The molecule has 2 aliphatic heterocycles. The van der Waals surface area contributed by atoms with E-state index in [1.54, 1.807) is 29.2 Å². The Morgan fingerprint density at radius 1 is 1.07 bits per heavy atom. The number of carboxylic acid groups (broad SMARTS) is 1. The van der Waals surface area contributed by atoms with E-state index in [1.807, 2.05) is 26.0 Å². The Bertz CT molecular complexity index is 1470. The lowest BCUT2D eigenvalue weighted by Gasteiger charge is -2.27. The second kappa shape index (κ2) is 13.2. The van der Waals surface area contributed by atoms with Crippen molar-refractivity contribution in [2.24, 2.45) is 5.92 Å². The first kappa shape index (κ1) is 30.6. The SMILES string of the molecule is CCc1cc(Cl)cc(CC)c1NC(=O)CN1C[C@H](c2cc3c(cc2F)OCO3)[C@@H](C(=O)O)[C@@H]1c1ccc(OCOC)cc1. The van der Waals surface area contributed by atoms with Gasteiger partial charge in [-0.3, -0.25) is 14.5 Å². The van der Waals surface area contributed by atoms with Gasteiger partial charge >= 0.3 is 5.97 Å². The number of anilines is 1. The smallest absolute Gasteiger partial charge is 0.309 e. The standard InChI is InChI=1S/C32H34ClFN2O7/c1-4-18-10-21(33)11-19(5-2)30(18)35-28(37)15-36-14-24(23-12-26-27(13-25(23)34)43-17-42-26)29(32(38)39)31(36)20-6-8-22(9-7-20)41-16-40-3/h6-13,24,29,31H,4-5,14-17H2,1-3H3,(H,35,37)(H,38,39)/t24-,29-,31+/m1/s1. The van der Waals surface area contributed by atoms with Gasteiger partial charge in [0.25, 0.3) is 0 Å². The zero-order valence-corrected chi connectivity index (χ0v) is 24.9. The maximum Gasteiger partial charge on any atom is 0.309 e. The molecule has 0 aromatic heterocycles. The van der Waals surface area contributed by atoms with Gasteiger partial charge in [-0.05, 0) is 65.4 Å². The second-order valence-corrected chi connectivity index (χ2v) is 11.0. The number of likely N-dealkylation sites (tertiary alicyclic amines) is 1. The first-order valence-electron chi connectivity index (χ1n) is 14.1. The molecule has 0 bridgehead atoms. The molecule has 1 amide bonds. The summed E-state index contributed by atoms with van der Waals surface area (Å²) in [5.41, 5.74) is 3.38. The minimum Gasteiger partial charge on any atom is -0.481 e. The third kappa shape index (κ3) is 6.41. The number of nitrogens with zero attached hydrogens (tertiary/aromatic N) is 1. The molecule has 3 aromatic carbocycles. The molecule has 2 aliphatic rings. The monoisotopic (exact) mass is 612 g/mol. The normalized spacial score (nSPS) is 19.4. The summed E-state index contributed by atoms with van der Waals surface area (Å²) in [6.45, 7) is 3.99. The number of hydrogen-bond donors (Lipinski definition) is 2. The molecular weight excluding hydrogens is 579 g/mol. The molecule has 0 spiro atoms. The van der Waals surface area contributed by atoms with Crippen molar-refractivity contribution in [1.82, 2.24) is 4.90 Å². The molecule has 3 aromatic rings. The zero-order chi connectivity index (χ0) is 30.7. The van der Waals surface area contributed by atoms with Crippen molar-refractivity contribution in [3.8, 4) is 17.2 Å². The minimum atomic E-state index is -1.10. The molecule has 0 aliphatic carbocycles. The number of halogens is 2. The average Bonchev–Trinajstić information content (AvgIpc) is 3.60. The highest BCUT2D eigenvalue weighted by Crippen LogP contribution is 2.48. The Balaban J connectivity index is 1.50. The predicted molar refractivity (Wildman–Crippen MR) is 158 cm³/mol. The van der Waals surface area contributed by atoms with Crippen LogP contribution in [0.3, 0.4) is 0 Å². The van der Waals surface area contributed by atoms with Crippen molar-refractivity contribution in [3.63, 3.8) is 0 Å². The molecule has 1 fully saturated rings. The fourth-order valence-corrected chi connectivity index (χ4v) is 6.28. The van der Waals surface area contributed by atoms with Crippen LogP contribution in [-0.2, 0) is 27.2 Å². The van der Waals surface area contributed by atoms with Crippen LogP contribution in [-0.4, -0.2) is 55.7 Å². The lowest BCUT2D eigenvalue weighted by Crippen LogP contribution is -2.35. The van der Waals surface area contributed by atoms with E-state index in [1.165, 1.54) is 19.2 Å². The van der Waals surface area contributed by atoms with Gasteiger partial charge in [-0.15, -0.1) is 0 Å². The summed E-state index contributed by atoms with van der Waals surface area (Å²) in [5.74, 6) is -2.68. The molecule has 0 unspecified atom stereocenters. The minimum absolute atomic E-state index is 0.0398. The fourth-order valence-electron chi connectivity index (χ4n) is 6.02. The summed E-state index contributed by atoms with van der Waals surface area (Å²) in [5, 5.41) is 14.2. The van der Waals surface area contributed by atoms with Crippen molar-refractivity contribution in [2.75, 3.05) is 39.1 Å². The maximum atomic E-state index is 15.4. The van der Waals surface area contributed by atoms with Crippen molar-refractivity contribution in [3.05, 3.63) is 81.6 Å². The summed E-state index contributed by atoms with van der Waals surface area (Å²) in [4.78, 5) is 28.3. The van der Waals surface area contributed by atoms with E-state index in [0.717, 1.165) is 11.1 Å².